The Hall–Kier alpha value is -1.20. The standard InChI is InChI=1S/C14H22N4O/c15-18-14-11-6-2-1-3-7-12(11)16-13(17-14)10-5-4-8-19-9-10/h10H,1-9,15H2,(H,16,17,18). The Balaban J connectivity index is 1.94. The van der Waals surface area contributed by atoms with Crippen molar-refractivity contribution in [1.29, 1.82) is 0 Å². The summed E-state index contributed by atoms with van der Waals surface area (Å²) in [5.41, 5.74) is 5.19. The van der Waals surface area contributed by atoms with Gasteiger partial charge in [0.25, 0.3) is 0 Å². The lowest BCUT2D eigenvalue weighted by Crippen LogP contribution is -2.21. The summed E-state index contributed by atoms with van der Waals surface area (Å²) < 4.78 is 5.55. The van der Waals surface area contributed by atoms with E-state index in [1.165, 1.54) is 30.5 Å². The number of hydrogen-bond donors (Lipinski definition) is 2. The molecule has 1 aromatic rings. The molecule has 0 bridgehead atoms. The number of nitrogens with one attached hydrogen (secondary N) is 1. The van der Waals surface area contributed by atoms with Gasteiger partial charge in [0.05, 0.1) is 6.61 Å². The molecule has 0 saturated carbocycles. The Kier molecular flexibility index (Phi) is 3.94. The van der Waals surface area contributed by atoms with E-state index in [-0.39, 0.29) is 0 Å². The smallest absolute Gasteiger partial charge is 0.147 e. The highest BCUT2D eigenvalue weighted by Gasteiger charge is 2.23. The lowest BCUT2D eigenvalue weighted by atomic mass is 10.0. The first kappa shape index (κ1) is 12.8. The minimum atomic E-state index is 0.328. The first-order valence-electron chi connectivity index (χ1n) is 7.32. The molecule has 1 saturated heterocycles. The van der Waals surface area contributed by atoms with Gasteiger partial charge in [-0.25, -0.2) is 15.8 Å². The van der Waals surface area contributed by atoms with Crippen molar-refractivity contribution in [3.05, 3.63) is 17.1 Å². The van der Waals surface area contributed by atoms with Crippen LogP contribution in [0.15, 0.2) is 0 Å². The van der Waals surface area contributed by atoms with Gasteiger partial charge in [-0.1, -0.05) is 6.42 Å². The molecule has 1 aliphatic heterocycles. The second-order valence-electron chi connectivity index (χ2n) is 5.47. The monoisotopic (exact) mass is 262 g/mol. The summed E-state index contributed by atoms with van der Waals surface area (Å²) in [6.45, 7) is 1.60. The van der Waals surface area contributed by atoms with Gasteiger partial charge in [-0.2, -0.15) is 0 Å². The highest BCUT2D eigenvalue weighted by molar-refractivity contribution is 5.46. The minimum absolute atomic E-state index is 0.328. The zero-order valence-electron chi connectivity index (χ0n) is 11.3. The fourth-order valence-corrected chi connectivity index (χ4v) is 3.04. The molecule has 5 nitrogen and oxygen atoms in total. The van der Waals surface area contributed by atoms with E-state index in [2.05, 4.69) is 10.4 Å². The van der Waals surface area contributed by atoms with Gasteiger partial charge in [0.1, 0.15) is 11.6 Å². The molecular weight excluding hydrogens is 240 g/mol. The molecule has 0 amide bonds. The predicted molar refractivity (Wildman–Crippen MR) is 73.9 cm³/mol. The first-order valence-corrected chi connectivity index (χ1v) is 7.32. The number of fused-ring (bicyclic) bond motifs is 1. The van der Waals surface area contributed by atoms with Gasteiger partial charge in [0, 0.05) is 23.8 Å². The van der Waals surface area contributed by atoms with Gasteiger partial charge >= 0.3 is 0 Å². The van der Waals surface area contributed by atoms with Crippen molar-refractivity contribution in [3.63, 3.8) is 0 Å². The SMILES string of the molecule is NNc1nc(C2CCCOC2)nc2c1CCCCC2. The Bertz CT molecular complexity index is 443. The third-order valence-corrected chi connectivity index (χ3v) is 4.11. The van der Waals surface area contributed by atoms with Crippen LogP contribution < -0.4 is 11.3 Å². The van der Waals surface area contributed by atoms with Crippen molar-refractivity contribution >= 4 is 5.82 Å². The van der Waals surface area contributed by atoms with Crippen LogP contribution in [-0.4, -0.2) is 23.2 Å². The van der Waals surface area contributed by atoms with Gasteiger partial charge in [0.15, 0.2) is 0 Å². The normalized spacial score (nSPS) is 23.5. The molecule has 104 valence electrons. The van der Waals surface area contributed by atoms with Crippen molar-refractivity contribution in [3.8, 4) is 0 Å². The van der Waals surface area contributed by atoms with Crippen LogP contribution >= 0.6 is 0 Å². The average Bonchev–Trinajstić information content (AvgIpc) is 2.72. The van der Waals surface area contributed by atoms with Crippen LogP contribution in [0.2, 0.25) is 0 Å². The van der Waals surface area contributed by atoms with Crippen molar-refractivity contribution < 1.29 is 4.74 Å². The molecule has 0 radical (unpaired) electrons. The summed E-state index contributed by atoms with van der Waals surface area (Å²) in [5, 5.41) is 0. The fraction of sp³-hybridized carbons (Fsp3) is 0.714. The molecule has 2 heterocycles. The maximum Gasteiger partial charge on any atom is 0.147 e. The van der Waals surface area contributed by atoms with E-state index in [1.54, 1.807) is 0 Å². The lowest BCUT2D eigenvalue weighted by Gasteiger charge is -2.22. The number of hydrazine groups is 1. The van der Waals surface area contributed by atoms with E-state index in [4.69, 9.17) is 15.6 Å². The quantitative estimate of drug-likeness (QED) is 0.484. The summed E-state index contributed by atoms with van der Waals surface area (Å²) in [5.74, 6) is 7.72. The number of nitrogens with zero attached hydrogens (tertiary/aromatic N) is 2. The van der Waals surface area contributed by atoms with Crippen LogP contribution in [0.1, 0.15) is 55.1 Å². The number of nitrogen functional groups attached to an aromatic ring is 1. The molecule has 5 heteroatoms. The number of ether oxygens (including phenoxy) is 1. The third-order valence-electron chi connectivity index (χ3n) is 4.11. The summed E-state index contributed by atoms with van der Waals surface area (Å²) in [6.07, 6.45) is 7.98. The van der Waals surface area contributed by atoms with Crippen LogP contribution in [-0.2, 0) is 17.6 Å². The highest BCUT2D eigenvalue weighted by Crippen LogP contribution is 2.29. The molecular formula is C14H22N4O. The zero-order valence-corrected chi connectivity index (χ0v) is 11.3. The van der Waals surface area contributed by atoms with E-state index in [0.29, 0.717) is 5.92 Å². The van der Waals surface area contributed by atoms with Gasteiger partial charge in [0.2, 0.25) is 0 Å². The molecule has 1 aliphatic carbocycles. The van der Waals surface area contributed by atoms with Crippen molar-refractivity contribution in [2.24, 2.45) is 5.84 Å². The Morgan fingerprint density at radius 2 is 2.00 bits per heavy atom. The highest BCUT2D eigenvalue weighted by atomic mass is 16.5. The number of aromatic nitrogens is 2. The van der Waals surface area contributed by atoms with Gasteiger partial charge in [-0.15, -0.1) is 0 Å². The zero-order chi connectivity index (χ0) is 13.1. The lowest BCUT2D eigenvalue weighted by molar-refractivity contribution is 0.0780. The molecule has 3 N–H and O–H groups in total. The Morgan fingerprint density at radius 3 is 2.79 bits per heavy atom. The van der Waals surface area contributed by atoms with Crippen LogP contribution in [0.3, 0.4) is 0 Å². The fourth-order valence-electron chi connectivity index (χ4n) is 3.04. The third kappa shape index (κ3) is 2.72. The van der Waals surface area contributed by atoms with E-state index in [9.17, 15) is 0 Å². The van der Waals surface area contributed by atoms with Crippen LogP contribution in [0, 0.1) is 0 Å². The summed E-state index contributed by atoms with van der Waals surface area (Å²) >= 11 is 0. The maximum absolute atomic E-state index is 5.65. The molecule has 3 rings (SSSR count). The molecule has 0 spiro atoms. The predicted octanol–water partition coefficient (Wildman–Crippen LogP) is 1.93. The summed E-state index contributed by atoms with van der Waals surface area (Å²) in [4.78, 5) is 9.46. The maximum atomic E-state index is 5.65. The summed E-state index contributed by atoms with van der Waals surface area (Å²) in [7, 11) is 0. The number of aryl methyl sites for hydroxylation is 1. The number of nitrogens with two attached hydrogens (primary N) is 1. The molecule has 2 aliphatic rings. The van der Waals surface area contributed by atoms with Crippen molar-refractivity contribution in [2.75, 3.05) is 18.6 Å². The molecule has 0 aromatic carbocycles. The van der Waals surface area contributed by atoms with E-state index < -0.39 is 0 Å². The largest absolute Gasteiger partial charge is 0.381 e. The Labute approximate surface area is 113 Å². The topological polar surface area (TPSA) is 73.1 Å². The molecule has 19 heavy (non-hydrogen) atoms. The molecule has 1 atom stereocenters. The van der Waals surface area contributed by atoms with Crippen molar-refractivity contribution in [2.45, 2.75) is 50.9 Å². The number of hydrogen-bond acceptors (Lipinski definition) is 5. The minimum Gasteiger partial charge on any atom is -0.381 e. The number of anilines is 1. The van der Waals surface area contributed by atoms with Gasteiger partial charge in [-0.05, 0) is 38.5 Å². The van der Waals surface area contributed by atoms with E-state index >= 15 is 0 Å². The average molecular weight is 262 g/mol. The van der Waals surface area contributed by atoms with Crippen molar-refractivity contribution in [1.82, 2.24) is 9.97 Å². The van der Waals surface area contributed by atoms with Crippen LogP contribution in [0.4, 0.5) is 5.82 Å². The van der Waals surface area contributed by atoms with Gasteiger partial charge in [-0.3, -0.25) is 0 Å². The van der Waals surface area contributed by atoms with Gasteiger partial charge < -0.3 is 10.2 Å². The van der Waals surface area contributed by atoms with Crippen LogP contribution in [0.5, 0.6) is 0 Å². The summed E-state index contributed by atoms with van der Waals surface area (Å²) in [6, 6.07) is 0. The molecule has 1 aromatic heterocycles. The molecule has 1 fully saturated rings. The second kappa shape index (κ2) is 5.84. The first-order chi connectivity index (χ1) is 9.38. The van der Waals surface area contributed by atoms with E-state index in [1.807, 2.05) is 0 Å². The Morgan fingerprint density at radius 1 is 1.11 bits per heavy atom. The van der Waals surface area contributed by atoms with Crippen LogP contribution in [0.25, 0.3) is 0 Å². The number of rotatable bonds is 2. The van der Waals surface area contributed by atoms with E-state index in [0.717, 1.165) is 50.5 Å². The molecule has 1 unspecified atom stereocenters. The second-order valence-corrected chi connectivity index (χ2v) is 5.47.